The summed E-state index contributed by atoms with van der Waals surface area (Å²) in [6, 6.07) is -0.360. The van der Waals surface area contributed by atoms with Gasteiger partial charge in [-0.1, -0.05) is 6.92 Å². The van der Waals surface area contributed by atoms with Crippen molar-refractivity contribution >= 4 is 17.8 Å². The van der Waals surface area contributed by atoms with Crippen molar-refractivity contribution in [2.75, 3.05) is 13.6 Å². The molecule has 4 amide bonds. The van der Waals surface area contributed by atoms with Crippen molar-refractivity contribution in [2.24, 2.45) is 5.92 Å². The quantitative estimate of drug-likeness (QED) is 0.799. The summed E-state index contributed by atoms with van der Waals surface area (Å²) in [5, 5.41) is 2.72. The number of nitrogens with one attached hydrogen (secondary N) is 1. The Balaban J connectivity index is 2.13. The number of amides is 4. The van der Waals surface area contributed by atoms with Gasteiger partial charge >= 0.3 is 6.03 Å². The molecule has 2 aliphatic rings. The molecule has 1 aliphatic heterocycles. The molecule has 1 saturated carbocycles. The highest BCUT2D eigenvalue weighted by atomic mass is 16.2. The van der Waals surface area contributed by atoms with Crippen molar-refractivity contribution in [1.29, 1.82) is 0 Å². The molecule has 118 valence electrons. The van der Waals surface area contributed by atoms with Gasteiger partial charge in [-0.05, 0) is 45.4 Å². The molecule has 1 spiro atoms. The normalized spacial score (nSPS) is 29.7. The zero-order valence-corrected chi connectivity index (χ0v) is 13.3. The van der Waals surface area contributed by atoms with E-state index in [1.165, 1.54) is 0 Å². The Morgan fingerprint density at radius 2 is 1.90 bits per heavy atom. The fraction of sp³-hybridized carbons (Fsp3) is 0.800. The summed E-state index contributed by atoms with van der Waals surface area (Å²) in [6.45, 7) is 5.68. The van der Waals surface area contributed by atoms with Crippen LogP contribution < -0.4 is 5.32 Å². The van der Waals surface area contributed by atoms with E-state index >= 15 is 0 Å². The Labute approximate surface area is 125 Å². The van der Waals surface area contributed by atoms with Crippen molar-refractivity contribution in [2.45, 2.75) is 58.0 Å². The summed E-state index contributed by atoms with van der Waals surface area (Å²) in [5.41, 5.74) is -0.721. The van der Waals surface area contributed by atoms with Crippen molar-refractivity contribution in [1.82, 2.24) is 15.1 Å². The number of hydrogen-bond donors (Lipinski definition) is 1. The van der Waals surface area contributed by atoms with Crippen molar-refractivity contribution in [3.05, 3.63) is 0 Å². The zero-order chi connectivity index (χ0) is 15.8. The minimum atomic E-state index is -0.721. The van der Waals surface area contributed by atoms with Crippen LogP contribution in [-0.4, -0.2) is 52.8 Å². The maximum atomic E-state index is 12.7. The summed E-state index contributed by atoms with van der Waals surface area (Å²) >= 11 is 0. The van der Waals surface area contributed by atoms with E-state index in [9.17, 15) is 14.4 Å². The van der Waals surface area contributed by atoms with Crippen LogP contribution in [0, 0.1) is 5.92 Å². The molecule has 1 saturated heterocycles. The van der Waals surface area contributed by atoms with Crippen LogP contribution in [0.3, 0.4) is 0 Å². The fourth-order valence-corrected chi connectivity index (χ4v) is 3.29. The second-order valence-electron chi connectivity index (χ2n) is 6.67. The van der Waals surface area contributed by atoms with Gasteiger partial charge < -0.3 is 10.2 Å². The first-order chi connectivity index (χ1) is 9.78. The first-order valence-electron chi connectivity index (χ1n) is 7.67. The smallest absolute Gasteiger partial charge is 0.327 e. The Hall–Kier alpha value is -1.59. The van der Waals surface area contributed by atoms with Gasteiger partial charge in [0.25, 0.3) is 5.91 Å². The summed E-state index contributed by atoms with van der Waals surface area (Å²) in [6.07, 6.45) is 3.26. The third-order valence-corrected chi connectivity index (χ3v) is 4.66. The molecule has 1 N–H and O–H groups in total. The van der Waals surface area contributed by atoms with Crippen molar-refractivity contribution in [3.8, 4) is 0 Å². The molecule has 2 rings (SSSR count). The highest BCUT2D eigenvalue weighted by molar-refractivity contribution is 6.08. The molecule has 0 radical (unpaired) electrons. The van der Waals surface area contributed by atoms with E-state index < -0.39 is 5.54 Å². The molecule has 6 heteroatoms. The molecule has 0 bridgehead atoms. The van der Waals surface area contributed by atoms with E-state index in [1.54, 1.807) is 11.9 Å². The minimum Gasteiger partial charge on any atom is -0.352 e. The van der Waals surface area contributed by atoms with E-state index in [4.69, 9.17) is 0 Å². The first-order valence-corrected chi connectivity index (χ1v) is 7.67. The van der Waals surface area contributed by atoms with E-state index in [-0.39, 0.29) is 30.4 Å². The maximum Gasteiger partial charge on any atom is 0.327 e. The molecular weight excluding hydrogens is 270 g/mol. The van der Waals surface area contributed by atoms with Crippen LogP contribution in [0.25, 0.3) is 0 Å². The molecule has 1 aliphatic carbocycles. The van der Waals surface area contributed by atoms with Crippen molar-refractivity contribution in [3.63, 3.8) is 0 Å². The van der Waals surface area contributed by atoms with Crippen LogP contribution in [-0.2, 0) is 9.59 Å². The van der Waals surface area contributed by atoms with E-state index in [0.29, 0.717) is 18.8 Å². The average molecular weight is 295 g/mol. The highest BCUT2D eigenvalue weighted by Crippen LogP contribution is 2.41. The predicted molar refractivity (Wildman–Crippen MR) is 78.5 cm³/mol. The lowest BCUT2D eigenvalue weighted by molar-refractivity contribution is -0.137. The van der Waals surface area contributed by atoms with E-state index in [2.05, 4.69) is 12.2 Å². The maximum absolute atomic E-state index is 12.7. The topological polar surface area (TPSA) is 69.7 Å². The second-order valence-corrected chi connectivity index (χ2v) is 6.67. The van der Waals surface area contributed by atoms with Gasteiger partial charge in [0, 0.05) is 13.1 Å². The van der Waals surface area contributed by atoms with Crippen LogP contribution in [0.4, 0.5) is 4.79 Å². The fourth-order valence-electron chi connectivity index (χ4n) is 3.29. The van der Waals surface area contributed by atoms with Gasteiger partial charge in [-0.3, -0.25) is 14.5 Å². The summed E-state index contributed by atoms with van der Waals surface area (Å²) in [5.74, 6) is 0.0901. The number of hydrogen-bond acceptors (Lipinski definition) is 3. The molecule has 21 heavy (non-hydrogen) atoms. The van der Waals surface area contributed by atoms with Crippen LogP contribution >= 0.6 is 0 Å². The molecule has 2 fully saturated rings. The number of urea groups is 1. The van der Waals surface area contributed by atoms with Crippen LogP contribution in [0.15, 0.2) is 0 Å². The van der Waals surface area contributed by atoms with Gasteiger partial charge in [-0.15, -0.1) is 0 Å². The molecule has 6 nitrogen and oxygen atoms in total. The molecule has 0 unspecified atom stereocenters. The monoisotopic (exact) mass is 295 g/mol. The standard InChI is InChI=1S/C15H25N3O3/c1-10(2)16-12(19)9-18-13(20)15(17(4)14(18)21)7-5-11(3)6-8-15/h10-11H,5-9H2,1-4H3,(H,16,19). The van der Waals surface area contributed by atoms with Gasteiger partial charge in [0.1, 0.15) is 12.1 Å². The average Bonchev–Trinajstić information content (AvgIpc) is 2.57. The molecule has 0 aromatic carbocycles. The largest absolute Gasteiger partial charge is 0.352 e. The van der Waals surface area contributed by atoms with Gasteiger partial charge in [0.05, 0.1) is 0 Å². The summed E-state index contributed by atoms with van der Waals surface area (Å²) in [7, 11) is 1.68. The predicted octanol–water partition coefficient (Wildman–Crippen LogP) is 1.35. The Morgan fingerprint density at radius 1 is 1.33 bits per heavy atom. The van der Waals surface area contributed by atoms with Gasteiger partial charge in [-0.2, -0.15) is 0 Å². The lowest BCUT2D eigenvalue weighted by Crippen LogP contribution is -2.50. The van der Waals surface area contributed by atoms with Crippen molar-refractivity contribution < 1.29 is 14.4 Å². The van der Waals surface area contributed by atoms with Gasteiger partial charge in [0.2, 0.25) is 5.91 Å². The molecular formula is C15H25N3O3. The Morgan fingerprint density at radius 3 is 2.43 bits per heavy atom. The lowest BCUT2D eigenvalue weighted by atomic mass is 9.76. The van der Waals surface area contributed by atoms with E-state index in [0.717, 1.165) is 17.7 Å². The van der Waals surface area contributed by atoms with E-state index in [1.807, 2.05) is 13.8 Å². The number of nitrogens with zero attached hydrogens (tertiary/aromatic N) is 2. The number of rotatable bonds is 3. The van der Waals surface area contributed by atoms with Crippen LogP contribution in [0.5, 0.6) is 0 Å². The summed E-state index contributed by atoms with van der Waals surface area (Å²) < 4.78 is 0. The van der Waals surface area contributed by atoms with Gasteiger partial charge in [0.15, 0.2) is 0 Å². The van der Waals surface area contributed by atoms with Crippen LogP contribution in [0.2, 0.25) is 0 Å². The third kappa shape index (κ3) is 2.76. The van der Waals surface area contributed by atoms with Crippen LogP contribution in [0.1, 0.15) is 46.5 Å². The van der Waals surface area contributed by atoms with Gasteiger partial charge in [-0.25, -0.2) is 4.79 Å². The second kappa shape index (κ2) is 5.66. The molecule has 0 aromatic rings. The molecule has 1 heterocycles. The number of likely N-dealkylation sites (N-methyl/N-ethyl adjacent to an activating group) is 1. The number of imide groups is 1. The zero-order valence-electron chi connectivity index (χ0n) is 13.3. The summed E-state index contributed by atoms with van der Waals surface area (Å²) in [4.78, 5) is 39.6. The SMILES string of the molecule is CC1CCC2(CC1)C(=O)N(CC(=O)NC(C)C)C(=O)N2C. The Kier molecular flexibility index (Phi) is 4.25. The number of carbonyl (C=O) groups is 3. The first kappa shape index (κ1) is 15.8. The Bertz CT molecular complexity index is 453. The lowest BCUT2D eigenvalue weighted by Gasteiger charge is -2.38. The minimum absolute atomic E-state index is 0.00692. The molecule has 0 atom stereocenters. The number of carbonyl (C=O) groups excluding carboxylic acids is 3. The third-order valence-electron chi connectivity index (χ3n) is 4.66. The highest BCUT2D eigenvalue weighted by Gasteiger charge is 2.56. The molecule has 0 aromatic heterocycles.